The van der Waals surface area contributed by atoms with Crippen molar-refractivity contribution in [3.8, 4) is 0 Å². The summed E-state index contributed by atoms with van der Waals surface area (Å²) in [5, 5.41) is 16.5. The molecule has 2 aliphatic rings. The van der Waals surface area contributed by atoms with Crippen molar-refractivity contribution in [1.29, 1.82) is 0 Å². The fourth-order valence-corrected chi connectivity index (χ4v) is 3.94. The zero-order chi connectivity index (χ0) is 13.0. The van der Waals surface area contributed by atoms with Gasteiger partial charge in [-0.15, -0.1) is 0 Å². The van der Waals surface area contributed by atoms with E-state index in [9.17, 15) is 10.1 Å². The van der Waals surface area contributed by atoms with Crippen LogP contribution < -0.4 is 10.2 Å². The molecular formula is C11H13N5O2S. The molecule has 2 fully saturated rings. The number of aromatic nitrogens is 2. The van der Waals surface area contributed by atoms with Crippen LogP contribution >= 0.6 is 11.3 Å². The number of nitrogens with one attached hydrogen (secondary N) is 1. The van der Waals surface area contributed by atoms with Gasteiger partial charge in [-0.3, -0.25) is 0 Å². The maximum absolute atomic E-state index is 11.4. The van der Waals surface area contributed by atoms with Gasteiger partial charge in [-0.25, -0.2) is 0 Å². The summed E-state index contributed by atoms with van der Waals surface area (Å²) >= 11 is 1.43. The Morgan fingerprint density at radius 1 is 1.53 bits per heavy atom. The predicted octanol–water partition coefficient (Wildman–Crippen LogP) is 1.10. The zero-order valence-electron chi connectivity index (χ0n) is 10.2. The van der Waals surface area contributed by atoms with Gasteiger partial charge in [-0.1, -0.05) is 11.3 Å². The van der Waals surface area contributed by atoms with Crippen molar-refractivity contribution < 1.29 is 4.92 Å². The van der Waals surface area contributed by atoms with Crippen LogP contribution in [0.4, 0.5) is 11.6 Å². The van der Waals surface area contributed by atoms with Crippen LogP contribution in [0.5, 0.6) is 0 Å². The van der Waals surface area contributed by atoms with Crippen molar-refractivity contribution in [2.24, 2.45) is 5.92 Å². The van der Waals surface area contributed by atoms with Gasteiger partial charge in [0, 0.05) is 31.1 Å². The number of nitro groups is 1. The largest absolute Gasteiger partial charge is 0.373 e. The van der Waals surface area contributed by atoms with Crippen LogP contribution in [0, 0.1) is 16.0 Å². The van der Waals surface area contributed by atoms with Gasteiger partial charge in [0.1, 0.15) is 6.20 Å². The molecule has 8 heteroatoms. The average molecular weight is 279 g/mol. The molecule has 0 amide bonds. The topological polar surface area (TPSA) is 75.7 Å². The van der Waals surface area contributed by atoms with Crippen LogP contribution in [0.15, 0.2) is 11.6 Å². The molecule has 2 aliphatic heterocycles. The lowest BCUT2D eigenvalue weighted by molar-refractivity contribution is -0.389. The minimum absolute atomic E-state index is 0.101. The normalized spacial score (nSPS) is 26.2. The number of imidazole rings is 1. The number of fused-ring (bicyclic) bond motifs is 2. The summed E-state index contributed by atoms with van der Waals surface area (Å²) in [5.41, 5.74) is 0. The zero-order valence-corrected chi connectivity index (χ0v) is 11.0. The quantitative estimate of drug-likeness (QED) is 0.658. The highest BCUT2D eigenvalue weighted by Crippen LogP contribution is 2.37. The van der Waals surface area contributed by atoms with Gasteiger partial charge in [0.2, 0.25) is 5.82 Å². The monoisotopic (exact) mass is 279 g/mol. The summed E-state index contributed by atoms with van der Waals surface area (Å²) in [4.78, 5) is 18.3. The van der Waals surface area contributed by atoms with E-state index in [1.165, 1.54) is 11.3 Å². The number of hydrogen-bond acceptors (Lipinski definition) is 6. The van der Waals surface area contributed by atoms with Gasteiger partial charge in [0.15, 0.2) is 0 Å². The molecule has 0 unspecified atom stereocenters. The number of anilines is 1. The second kappa shape index (κ2) is 3.91. The molecule has 1 N–H and O–H groups in total. The first-order valence-electron chi connectivity index (χ1n) is 6.33. The predicted molar refractivity (Wildman–Crippen MR) is 71.8 cm³/mol. The minimum atomic E-state index is -0.322. The van der Waals surface area contributed by atoms with E-state index in [0.29, 0.717) is 22.7 Å². The Bertz CT molecular complexity index is 651. The molecule has 100 valence electrons. The Kier molecular flexibility index (Phi) is 2.30. The molecular weight excluding hydrogens is 266 g/mol. The van der Waals surface area contributed by atoms with E-state index in [1.54, 1.807) is 10.6 Å². The summed E-state index contributed by atoms with van der Waals surface area (Å²) in [6, 6.07) is 0.350. The first-order valence-corrected chi connectivity index (χ1v) is 7.21. The SMILES string of the molecule is O=[N+]([O-])c1c(N2CC[C@H]3CNC[C@H]32)nc2sccn12. The molecule has 0 radical (unpaired) electrons. The van der Waals surface area contributed by atoms with Gasteiger partial charge in [0.05, 0.1) is 0 Å². The molecule has 0 saturated carbocycles. The third kappa shape index (κ3) is 1.50. The third-order valence-electron chi connectivity index (χ3n) is 4.11. The van der Waals surface area contributed by atoms with Crippen molar-refractivity contribution in [3.63, 3.8) is 0 Å². The highest BCUT2D eigenvalue weighted by Gasteiger charge is 2.41. The molecule has 2 atom stereocenters. The lowest BCUT2D eigenvalue weighted by Crippen LogP contribution is -2.34. The maximum Gasteiger partial charge on any atom is 0.373 e. The second-order valence-corrected chi connectivity index (χ2v) is 5.91. The van der Waals surface area contributed by atoms with Gasteiger partial charge < -0.3 is 20.3 Å². The summed E-state index contributed by atoms with van der Waals surface area (Å²) in [5.74, 6) is 1.23. The summed E-state index contributed by atoms with van der Waals surface area (Å²) in [6.45, 7) is 2.77. The number of hydrogen-bond donors (Lipinski definition) is 1. The van der Waals surface area contributed by atoms with Crippen molar-refractivity contribution in [3.05, 3.63) is 21.7 Å². The lowest BCUT2D eigenvalue weighted by atomic mass is 10.1. The summed E-state index contributed by atoms with van der Waals surface area (Å²) in [7, 11) is 0. The molecule has 7 nitrogen and oxygen atoms in total. The van der Waals surface area contributed by atoms with Crippen molar-refractivity contribution in [1.82, 2.24) is 14.7 Å². The fourth-order valence-electron chi connectivity index (χ4n) is 3.24. The van der Waals surface area contributed by atoms with E-state index in [1.807, 2.05) is 5.38 Å². The van der Waals surface area contributed by atoms with E-state index in [2.05, 4.69) is 15.2 Å². The smallest absolute Gasteiger partial charge is 0.358 e. The van der Waals surface area contributed by atoms with Crippen LogP contribution in [-0.2, 0) is 0 Å². The van der Waals surface area contributed by atoms with Gasteiger partial charge in [-0.2, -0.15) is 9.38 Å². The minimum Gasteiger partial charge on any atom is -0.358 e. The van der Waals surface area contributed by atoms with E-state index in [0.717, 1.165) is 26.1 Å². The Morgan fingerprint density at radius 2 is 2.42 bits per heavy atom. The first-order chi connectivity index (χ1) is 9.25. The van der Waals surface area contributed by atoms with Crippen LogP contribution in [0.25, 0.3) is 4.96 Å². The Labute approximate surface area is 113 Å². The molecule has 2 aromatic rings. The number of rotatable bonds is 2. The highest BCUT2D eigenvalue weighted by molar-refractivity contribution is 7.15. The molecule has 0 bridgehead atoms. The maximum atomic E-state index is 11.4. The van der Waals surface area contributed by atoms with E-state index < -0.39 is 0 Å². The molecule has 19 heavy (non-hydrogen) atoms. The van der Waals surface area contributed by atoms with E-state index in [4.69, 9.17) is 0 Å². The number of thiazole rings is 1. The Balaban J connectivity index is 1.84. The Hall–Kier alpha value is -1.67. The molecule has 0 aliphatic carbocycles. The van der Waals surface area contributed by atoms with Gasteiger partial charge in [-0.05, 0) is 17.3 Å². The molecule has 2 aromatic heterocycles. The summed E-state index contributed by atoms with van der Waals surface area (Å²) in [6.07, 6.45) is 2.80. The first kappa shape index (κ1) is 11.2. The fraction of sp³-hybridized carbons (Fsp3) is 0.545. The molecule has 4 rings (SSSR count). The van der Waals surface area contributed by atoms with Crippen molar-refractivity contribution in [2.45, 2.75) is 12.5 Å². The Morgan fingerprint density at radius 3 is 3.26 bits per heavy atom. The lowest BCUT2D eigenvalue weighted by Gasteiger charge is -2.22. The van der Waals surface area contributed by atoms with Crippen LogP contribution in [0.3, 0.4) is 0 Å². The van der Waals surface area contributed by atoms with Crippen LogP contribution in [0.1, 0.15) is 6.42 Å². The molecule has 0 spiro atoms. The van der Waals surface area contributed by atoms with Crippen molar-refractivity contribution in [2.75, 3.05) is 24.5 Å². The van der Waals surface area contributed by atoms with Gasteiger partial charge >= 0.3 is 5.82 Å². The van der Waals surface area contributed by atoms with E-state index in [-0.39, 0.29) is 10.7 Å². The number of nitrogens with zero attached hydrogens (tertiary/aromatic N) is 4. The standard InChI is InChI=1S/C11H13N5O2S/c17-16(18)10-9(13-11-15(10)3-4-19-11)14-2-1-7-5-12-6-8(7)14/h3-4,7-8,12H,1-2,5-6H2/t7-,8+/m0/s1. The van der Waals surface area contributed by atoms with Gasteiger partial charge in [0.25, 0.3) is 4.96 Å². The van der Waals surface area contributed by atoms with E-state index >= 15 is 0 Å². The van der Waals surface area contributed by atoms with Crippen LogP contribution in [-0.4, -0.2) is 40.0 Å². The molecule has 2 saturated heterocycles. The average Bonchev–Trinajstić information content (AvgIpc) is 3.07. The molecule has 4 heterocycles. The van der Waals surface area contributed by atoms with Crippen LogP contribution in [0.2, 0.25) is 0 Å². The highest BCUT2D eigenvalue weighted by atomic mass is 32.1. The second-order valence-electron chi connectivity index (χ2n) is 5.04. The summed E-state index contributed by atoms with van der Waals surface area (Å²) < 4.78 is 1.58. The van der Waals surface area contributed by atoms with Crippen molar-refractivity contribution >= 4 is 27.9 Å². The third-order valence-corrected chi connectivity index (χ3v) is 4.87. The molecule has 0 aromatic carbocycles.